The number of nitrogens with zero attached hydrogens (tertiary/aromatic N) is 8. The zero-order valence-electron chi connectivity index (χ0n) is 63.7. The van der Waals surface area contributed by atoms with Crippen LogP contribution in [-0.2, 0) is 28.2 Å². The second kappa shape index (κ2) is 29.6. The summed E-state index contributed by atoms with van der Waals surface area (Å²) in [4.78, 5) is 8.99. The van der Waals surface area contributed by atoms with Gasteiger partial charge in [0.25, 0.3) is 0 Å². The average molecular weight is 1430 g/mol. The lowest BCUT2D eigenvalue weighted by molar-refractivity contribution is -0.654. The van der Waals surface area contributed by atoms with Crippen LogP contribution in [0.3, 0.4) is 0 Å². The first-order chi connectivity index (χ1) is 53.7. The fourth-order valence-corrected chi connectivity index (χ4v) is 16.3. The van der Waals surface area contributed by atoms with Crippen molar-refractivity contribution in [3.8, 4) is 44.5 Å². The van der Waals surface area contributed by atoms with Crippen molar-refractivity contribution in [3.05, 3.63) is 337 Å². The van der Waals surface area contributed by atoms with Crippen LogP contribution in [0.15, 0.2) is 321 Å². The molecular weight excluding hydrogens is 1350 g/mol. The quantitative estimate of drug-likeness (QED) is 0.110. The fourth-order valence-electron chi connectivity index (χ4n) is 16.3. The maximum absolute atomic E-state index is 6.20. The van der Waals surface area contributed by atoms with E-state index in [9.17, 15) is 0 Å². The second-order valence-electron chi connectivity index (χ2n) is 29.1. The molecule has 8 aromatic heterocycles. The van der Waals surface area contributed by atoms with Gasteiger partial charge in [0, 0.05) is 85.8 Å². The number of hydrogen-bond donors (Lipinski definition) is 0. The first-order valence-electron chi connectivity index (χ1n) is 37.6. The smallest absolute Gasteiger partial charge is 0.398 e. The predicted molar refractivity (Wildman–Crippen MR) is 458 cm³/mol. The summed E-state index contributed by atoms with van der Waals surface area (Å²) in [6.07, 6.45) is 17.4. The molecule has 12 nitrogen and oxygen atoms in total. The molecule has 0 fully saturated rings. The van der Waals surface area contributed by atoms with Gasteiger partial charge < -0.3 is 36.9 Å². The first-order valence-corrected chi connectivity index (χ1v) is 37.6. The van der Waals surface area contributed by atoms with Gasteiger partial charge in [0.2, 0.25) is 0 Å². The van der Waals surface area contributed by atoms with Gasteiger partial charge >= 0.3 is 27.4 Å². The summed E-state index contributed by atoms with van der Waals surface area (Å²) in [5.74, 6) is 12.7. The highest BCUT2D eigenvalue weighted by molar-refractivity contribution is 6.82. The molecule has 0 saturated heterocycles. The second-order valence-corrected chi connectivity index (χ2v) is 29.1. The van der Waals surface area contributed by atoms with Crippen molar-refractivity contribution in [2.24, 2.45) is 28.2 Å². The van der Waals surface area contributed by atoms with Crippen molar-refractivity contribution in [3.63, 3.8) is 0 Å². The van der Waals surface area contributed by atoms with E-state index in [2.05, 4.69) is 381 Å². The molecule has 110 heavy (non-hydrogen) atoms. The van der Waals surface area contributed by atoms with Gasteiger partial charge in [-0.05, 0) is 123 Å². The van der Waals surface area contributed by atoms with Crippen LogP contribution in [0, 0.1) is 13.8 Å². The molecule has 4 aliphatic heterocycles. The number of furan rings is 4. The molecule has 0 N–H and O–H groups in total. The molecule has 0 atom stereocenters. The Morgan fingerprint density at radius 2 is 0.618 bits per heavy atom. The van der Waals surface area contributed by atoms with E-state index in [0.717, 1.165) is 84.3 Å². The molecule has 16 heteroatoms. The van der Waals surface area contributed by atoms with Crippen molar-refractivity contribution < 1.29 is 35.9 Å². The Hall–Kier alpha value is -13.1. The highest BCUT2D eigenvalue weighted by Gasteiger charge is 2.40. The highest BCUT2D eigenvalue weighted by Crippen LogP contribution is 2.41. The van der Waals surface area contributed by atoms with Crippen molar-refractivity contribution in [1.82, 2.24) is 0 Å². The van der Waals surface area contributed by atoms with E-state index < -0.39 is 0 Å². The van der Waals surface area contributed by atoms with Crippen molar-refractivity contribution in [1.29, 1.82) is 0 Å². The van der Waals surface area contributed by atoms with E-state index in [1.54, 1.807) is 0 Å². The summed E-state index contributed by atoms with van der Waals surface area (Å²) < 4.78 is 33.4. The first kappa shape index (κ1) is 70.0. The zero-order valence-corrected chi connectivity index (χ0v) is 63.7. The van der Waals surface area contributed by atoms with Crippen LogP contribution in [0.1, 0.15) is 33.6 Å². The number of anilines is 4. The minimum atomic E-state index is 0.112. The topological polar surface area (TPSA) is 81.0 Å². The molecule has 0 bridgehead atoms. The summed E-state index contributed by atoms with van der Waals surface area (Å²) in [7, 11) is 16.9. The molecule has 4 aliphatic rings. The number of benzene rings is 8. The Morgan fingerprint density at radius 3 is 1.05 bits per heavy atom. The van der Waals surface area contributed by atoms with Crippen LogP contribution in [-0.4, -0.2) is 55.6 Å². The molecule has 0 spiro atoms. The van der Waals surface area contributed by atoms with Gasteiger partial charge in [0.05, 0.1) is 5.69 Å². The largest absolute Gasteiger partial charge is 0.455 e. The van der Waals surface area contributed by atoms with Crippen molar-refractivity contribution >= 4 is 141 Å². The monoisotopic (exact) mass is 1430 g/mol. The highest BCUT2D eigenvalue weighted by atomic mass is 16.4. The number of aryl methyl sites for hydroxylation is 6. The van der Waals surface area contributed by atoms with Crippen LogP contribution in [0.4, 0.5) is 23.3 Å². The Balaban J connectivity index is 0.000000107. The molecule has 0 radical (unpaired) electrons. The molecule has 0 unspecified atom stereocenters. The van der Waals surface area contributed by atoms with Gasteiger partial charge in [-0.25, -0.2) is 18.3 Å². The standard InChI is InChI=1S/2C24H22BN2O.2C23H20BN2O/c1-17-16-26(2)23(15-21(17)18-9-5-4-6-10-18)25-14-13-20-19-11-7-8-12-22(19)28-24(20)27(25)3;1-17-15-23(26(2)16-21(17)18-9-5-4-6-10-18)25-14-13-20-19-11-7-8-12-22(19)28-24(20)27(25)3;1-25-15-13-18(17-8-4-3-5-9-17)16-22(25)24-14-12-20-19-10-6-7-11-21(19)27-23(20)26(24)2;1-25-15-13-18(17-8-4-3-5-9-17)16-22(25)24-14-12-21-23(26(24)2)19-10-6-7-11-20(19)27-21/h2*4-16H,1-3H3;2*3-16H,1-2H3/q4*+1. The molecule has 12 heterocycles. The minimum Gasteiger partial charge on any atom is -0.455 e. The minimum absolute atomic E-state index is 0.112. The molecule has 16 aromatic rings. The zero-order chi connectivity index (χ0) is 75.3. The average Bonchev–Trinajstić information content (AvgIpc) is 1.60. The summed E-state index contributed by atoms with van der Waals surface area (Å²) in [6.45, 7) is 4.86. The third kappa shape index (κ3) is 13.1. The van der Waals surface area contributed by atoms with Crippen LogP contribution in [0.25, 0.3) is 113 Å². The summed E-state index contributed by atoms with van der Waals surface area (Å²) in [5.41, 5.74) is 25.8. The SMILES string of the molecule is CN1B(c2cc(-c3ccccc3)cc[n+]2C)C=Cc2c1oc1ccccc21.CN1B(c2cc(-c3ccccc3)cc[n+]2C)C=Cc2oc3ccccc3c21.Cc1c[n+](C)c(B2C=Cc3c(oc4ccccc34)N2C)cc1-c1ccccc1.Cc1cc(B2C=Cc3c(oc4ccccc34)N2C)[n+](C)cc1-c1ccccc1. The summed E-state index contributed by atoms with van der Waals surface area (Å²) in [6, 6.07) is 88.6. The molecular formula is C94H84B4N8O4+4. The van der Waals surface area contributed by atoms with Crippen molar-refractivity contribution in [2.75, 3.05) is 47.4 Å². The lowest BCUT2D eigenvalue weighted by Crippen LogP contribution is -2.60. The van der Waals surface area contributed by atoms with Crippen LogP contribution >= 0.6 is 0 Å². The molecule has 20 rings (SSSR count). The van der Waals surface area contributed by atoms with E-state index in [0.29, 0.717) is 0 Å². The van der Waals surface area contributed by atoms with E-state index in [1.807, 2.05) is 54.6 Å². The predicted octanol–water partition coefficient (Wildman–Crippen LogP) is 15.9. The lowest BCUT2D eigenvalue weighted by atomic mass is 9.55. The number of aromatic nitrogens is 4. The summed E-state index contributed by atoms with van der Waals surface area (Å²) in [5, 5.41) is 4.65. The molecule has 8 aromatic carbocycles. The van der Waals surface area contributed by atoms with E-state index in [-0.39, 0.29) is 27.4 Å². The Bertz CT molecular complexity index is 6260. The van der Waals surface area contributed by atoms with Gasteiger partial charge in [0.15, 0.2) is 64.8 Å². The van der Waals surface area contributed by atoms with E-state index in [4.69, 9.17) is 17.7 Å². The molecule has 0 saturated carbocycles. The molecule has 532 valence electrons. The third-order valence-corrected chi connectivity index (χ3v) is 22.2. The van der Waals surface area contributed by atoms with Gasteiger partial charge in [0.1, 0.15) is 56.3 Å². The van der Waals surface area contributed by atoms with Crippen LogP contribution in [0.5, 0.6) is 0 Å². The number of hydrogen-bond acceptors (Lipinski definition) is 8. The van der Waals surface area contributed by atoms with Gasteiger partial charge in [-0.3, -0.25) is 0 Å². The fraction of sp³-hybridized carbons (Fsp3) is 0.106. The van der Waals surface area contributed by atoms with Gasteiger partial charge in [-0.15, -0.1) is 0 Å². The van der Waals surface area contributed by atoms with Crippen LogP contribution in [0.2, 0.25) is 0 Å². The van der Waals surface area contributed by atoms with Crippen molar-refractivity contribution in [2.45, 2.75) is 13.8 Å². The maximum Gasteiger partial charge on any atom is 0.398 e. The number of fused-ring (bicyclic) bond motifs is 12. The normalized spacial score (nSPS) is 13.3. The Morgan fingerprint density at radius 1 is 0.282 bits per heavy atom. The molecule has 0 aliphatic carbocycles. The number of rotatable bonds is 8. The van der Waals surface area contributed by atoms with E-state index >= 15 is 0 Å². The lowest BCUT2D eigenvalue weighted by Gasteiger charge is -2.26. The molecule has 0 amide bonds. The third-order valence-electron chi connectivity index (χ3n) is 22.2. The number of pyridine rings is 4. The van der Waals surface area contributed by atoms with Gasteiger partial charge in [-0.1, -0.05) is 230 Å². The van der Waals surface area contributed by atoms with E-state index in [1.165, 1.54) is 83.4 Å². The maximum atomic E-state index is 6.20. The van der Waals surface area contributed by atoms with Gasteiger partial charge in [-0.2, -0.15) is 0 Å². The summed E-state index contributed by atoms with van der Waals surface area (Å²) >= 11 is 0. The Kier molecular flexibility index (Phi) is 18.8. The Labute approximate surface area is 644 Å². The number of para-hydroxylation sites is 4. The van der Waals surface area contributed by atoms with Crippen LogP contribution < -0.4 is 59.9 Å².